The van der Waals surface area contributed by atoms with Crippen LogP contribution in [0.3, 0.4) is 0 Å². The largest absolute Gasteiger partial charge is 0.454 e. The van der Waals surface area contributed by atoms with Crippen molar-refractivity contribution in [2.45, 2.75) is 45.8 Å². The third-order valence-corrected chi connectivity index (χ3v) is 6.27. The molecule has 0 fully saturated rings. The van der Waals surface area contributed by atoms with E-state index in [1.54, 1.807) is 6.92 Å². The highest BCUT2D eigenvalue weighted by atomic mass is 16.7. The molecule has 33 heavy (non-hydrogen) atoms. The van der Waals surface area contributed by atoms with Crippen molar-refractivity contribution in [1.82, 2.24) is 10.3 Å². The first kappa shape index (κ1) is 21.2. The maximum atomic E-state index is 13.3. The van der Waals surface area contributed by atoms with Gasteiger partial charge in [-0.3, -0.25) is 9.78 Å². The molecule has 170 valence electrons. The standard InChI is InChI=1S/C26H26N2O5/c1-15-7-9-21-19(11-15)24(18-5-3-4-6-20(18)28-21)26(30)33-16(2)25(29)27-13-17-8-10-22-23(12-17)32-14-31-22/h3-6,8,10,12,15-16H,7,9,11,13-14H2,1-2H3,(H,27,29). The van der Waals surface area contributed by atoms with Crippen LogP contribution in [-0.4, -0.2) is 29.8 Å². The molecular formula is C26H26N2O5. The van der Waals surface area contributed by atoms with Crippen LogP contribution in [0.4, 0.5) is 0 Å². The summed E-state index contributed by atoms with van der Waals surface area (Å²) in [5, 5.41) is 3.60. The lowest BCUT2D eigenvalue weighted by atomic mass is 9.84. The summed E-state index contributed by atoms with van der Waals surface area (Å²) in [6.07, 6.45) is 1.73. The van der Waals surface area contributed by atoms with Crippen LogP contribution in [0, 0.1) is 5.92 Å². The Morgan fingerprint density at radius 3 is 2.88 bits per heavy atom. The summed E-state index contributed by atoms with van der Waals surface area (Å²) in [5.41, 5.74) is 4.09. The monoisotopic (exact) mass is 446 g/mol. The number of amides is 1. The Balaban J connectivity index is 1.32. The van der Waals surface area contributed by atoms with Gasteiger partial charge in [-0.1, -0.05) is 31.2 Å². The molecule has 1 aromatic heterocycles. The van der Waals surface area contributed by atoms with E-state index in [0.717, 1.165) is 47.0 Å². The number of fused-ring (bicyclic) bond motifs is 3. The number of ether oxygens (including phenoxy) is 3. The first-order valence-corrected chi connectivity index (χ1v) is 11.3. The summed E-state index contributed by atoms with van der Waals surface area (Å²) in [4.78, 5) is 30.7. The van der Waals surface area contributed by atoms with Gasteiger partial charge in [0.1, 0.15) is 0 Å². The lowest BCUT2D eigenvalue weighted by Gasteiger charge is -2.24. The van der Waals surface area contributed by atoms with Crippen molar-refractivity contribution in [2.75, 3.05) is 6.79 Å². The Morgan fingerprint density at radius 2 is 2.00 bits per heavy atom. The molecule has 2 aromatic carbocycles. The topological polar surface area (TPSA) is 86.8 Å². The molecule has 0 spiro atoms. The molecule has 7 nitrogen and oxygen atoms in total. The first-order chi connectivity index (χ1) is 16.0. The number of para-hydroxylation sites is 1. The second kappa shape index (κ2) is 8.73. The van der Waals surface area contributed by atoms with Gasteiger partial charge in [-0.05, 0) is 61.4 Å². The van der Waals surface area contributed by atoms with Crippen LogP contribution < -0.4 is 14.8 Å². The number of carbonyl (C=O) groups excluding carboxylic acids is 2. The lowest BCUT2D eigenvalue weighted by molar-refractivity contribution is -0.129. The highest BCUT2D eigenvalue weighted by molar-refractivity contribution is 6.05. The molecule has 1 N–H and O–H groups in total. The second-order valence-corrected chi connectivity index (χ2v) is 8.73. The van der Waals surface area contributed by atoms with Gasteiger partial charge in [0.2, 0.25) is 6.79 Å². The average molecular weight is 447 g/mol. The Morgan fingerprint density at radius 1 is 1.18 bits per heavy atom. The molecule has 1 amide bonds. The summed E-state index contributed by atoms with van der Waals surface area (Å²) in [6.45, 7) is 4.26. The normalized spacial score (nSPS) is 17.3. The minimum atomic E-state index is -0.935. The SMILES string of the molecule is CC1CCc2nc3ccccc3c(C(=O)OC(C)C(=O)NCc3ccc4c(c3)OCO4)c2C1. The molecule has 0 saturated heterocycles. The number of esters is 1. The molecule has 3 aromatic rings. The molecule has 1 aliphatic heterocycles. The van der Waals surface area contributed by atoms with Gasteiger partial charge in [0.15, 0.2) is 17.6 Å². The quantitative estimate of drug-likeness (QED) is 0.597. The van der Waals surface area contributed by atoms with Crippen molar-refractivity contribution in [2.24, 2.45) is 5.92 Å². The van der Waals surface area contributed by atoms with Crippen molar-refractivity contribution < 1.29 is 23.8 Å². The maximum Gasteiger partial charge on any atom is 0.339 e. The van der Waals surface area contributed by atoms with E-state index in [9.17, 15) is 9.59 Å². The molecule has 0 saturated carbocycles. The first-order valence-electron chi connectivity index (χ1n) is 11.3. The Kier molecular flexibility index (Phi) is 5.62. The molecule has 2 aliphatic rings. The van der Waals surface area contributed by atoms with E-state index in [1.807, 2.05) is 42.5 Å². The number of hydrogen-bond acceptors (Lipinski definition) is 6. The summed E-state index contributed by atoms with van der Waals surface area (Å²) < 4.78 is 16.3. The molecule has 0 bridgehead atoms. The molecule has 0 radical (unpaired) electrons. The Hall–Kier alpha value is -3.61. The predicted molar refractivity (Wildman–Crippen MR) is 122 cm³/mol. The summed E-state index contributed by atoms with van der Waals surface area (Å²) in [6, 6.07) is 13.1. The van der Waals surface area contributed by atoms with Gasteiger partial charge in [-0.2, -0.15) is 0 Å². The fraction of sp³-hybridized carbons (Fsp3) is 0.346. The highest BCUT2D eigenvalue weighted by Gasteiger charge is 2.28. The Bertz CT molecular complexity index is 1240. The number of aryl methyl sites for hydroxylation is 1. The third-order valence-electron chi connectivity index (χ3n) is 6.27. The van der Waals surface area contributed by atoms with E-state index >= 15 is 0 Å². The summed E-state index contributed by atoms with van der Waals surface area (Å²) >= 11 is 0. The van der Waals surface area contributed by atoms with Crippen LogP contribution in [-0.2, 0) is 28.9 Å². The highest BCUT2D eigenvalue weighted by Crippen LogP contribution is 2.33. The van der Waals surface area contributed by atoms with Crippen LogP contribution >= 0.6 is 0 Å². The smallest absolute Gasteiger partial charge is 0.339 e. The second-order valence-electron chi connectivity index (χ2n) is 8.73. The van der Waals surface area contributed by atoms with Crippen LogP contribution in [0.25, 0.3) is 10.9 Å². The van der Waals surface area contributed by atoms with Crippen LogP contribution in [0.1, 0.15) is 47.4 Å². The van der Waals surface area contributed by atoms with Crippen molar-refractivity contribution in [3.8, 4) is 11.5 Å². The van der Waals surface area contributed by atoms with Gasteiger partial charge in [-0.25, -0.2) is 4.79 Å². The number of carbonyl (C=O) groups is 2. The Labute approximate surface area is 192 Å². The fourth-order valence-corrected chi connectivity index (χ4v) is 4.45. The van der Waals surface area contributed by atoms with Crippen LogP contribution in [0.5, 0.6) is 11.5 Å². The van der Waals surface area contributed by atoms with Crippen molar-refractivity contribution in [3.05, 3.63) is 64.8 Å². The number of nitrogens with one attached hydrogen (secondary N) is 1. The molecule has 2 heterocycles. The van der Waals surface area contributed by atoms with E-state index in [-0.39, 0.29) is 12.7 Å². The lowest BCUT2D eigenvalue weighted by Crippen LogP contribution is -2.35. The third kappa shape index (κ3) is 4.23. The van der Waals surface area contributed by atoms with E-state index in [1.165, 1.54) is 0 Å². The van der Waals surface area contributed by atoms with Gasteiger partial charge in [-0.15, -0.1) is 0 Å². The fourth-order valence-electron chi connectivity index (χ4n) is 4.45. The zero-order valence-electron chi connectivity index (χ0n) is 18.7. The zero-order valence-corrected chi connectivity index (χ0v) is 18.7. The van der Waals surface area contributed by atoms with E-state index in [2.05, 4.69) is 12.2 Å². The van der Waals surface area contributed by atoms with Gasteiger partial charge < -0.3 is 19.5 Å². The molecule has 1 aliphatic carbocycles. The van der Waals surface area contributed by atoms with Gasteiger partial charge in [0, 0.05) is 17.6 Å². The minimum absolute atomic E-state index is 0.199. The van der Waals surface area contributed by atoms with Gasteiger partial charge in [0.25, 0.3) is 5.91 Å². The van der Waals surface area contributed by atoms with Crippen LogP contribution in [0.15, 0.2) is 42.5 Å². The predicted octanol–water partition coefficient (Wildman–Crippen LogP) is 3.95. The van der Waals surface area contributed by atoms with Crippen molar-refractivity contribution >= 4 is 22.8 Å². The number of hydrogen-bond donors (Lipinski definition) is 1. The average Bonchev–Trinajstić information content (AvgIpc) is 3.28. The van der Waals surface area contributed by atoms with E-state index < -0.39 is 12.1 Å². The van der Waals surface area contributed by atoms with Crippen molar-refractivity contribution in [3.63, 3.8) is 0 Å². The maximum absolute atomic E-state index is 13.3. The number of pyridine rings is 1. The van der Waals surface area contributed by atoms with E-state index in [0.29, 0.717) is 29.5 Å². The van der Waals surface area contributed by atoms with E-state index in [4.69, 9.17) is 19.2 Å². The molecule has 7 heteroatoms. The number of rotatable bonds is 5. The number of nitrogens with zero attached hydrogens (tertiary/aromatic N) is 1. The molecule has 5 rings (SSSR count). The minimum Gasteiger partial charge on any atom is -0.454 e. The summed E-state index contributed by atoms with van der Waals surface area (Å²) in [7, 11) is 0. The van der Waals surface area contributed by atoms with Crippen molar-refractivity contribution in [1.29, 1.82) is 0 Å². The summed E-state index contributed by atoms with van der Waals surface area (Å²) in [5.74, 6) is 0.972. The molecular weight excluding hydrogens is 420 g/mol. The number of benzene rings is 2. The van der Waals surface area contributed by atoms with Crippen LogP contribution in [0.2, 0.25) is 0 Å². The molecule has 2 unspecified atom stereocenters. The zero-order chi connectivity index (χ0) is 22.9. The van der Waals surface area contributed by atoms with Gasteiger partial charge in [0.05, 0.1) is 11.1 Å². The molecule has 2 atom stereocenters. The number of aromatic nitrogens is 1. The van der Waals surface area contributed by atoms with Gasteiger partial charge >= 0.3 is 5.97 Å².